The second kappa shape index (κ2) is 8.22. The molecular weight excluding hydrogens is 366 g/mol. The van der Waals surface area contributed by atoms with E-state index in [-0.39, 0.29) is 12.7 Å². The van der Waals surface area contributed by atoms with Crippen LogP contribution in [0, 0.1) is 0 Å². The highest BCUT2D eigenvalue weighted by Crippen LogP contribution is 2.32. The van der Waals surface area contributed by atoms with E-state index < -0.39 is 0 Å². The van der Waals surface area contributed by atoms with Crippen LogP contribution in [-0.2, 0) is 6.54 Å². The van der Waals surface area contributed by atoms with Crippen molar-refractivity contribution in [3.63, 3.8) is 0 Å². The van der Waals surface area contributed by atoms with E-state index in [0.29, 0.717) is 18.2 Å². The zero-order valence-corrected chi connectivity index (χ0v) is 16.4. The van der Waals surface area contributed by atoms with Gasteiger partial charge in [-0.1, -0.05) is 38.1 Å². The summed E-state index contributed by atoms with van der Waals surface area (Å²) >= 11 is 0. The highest BCUT2D eigenvalue weighted by Gasteiger charge is 2.14. The van der Waals surface area contributed by atoms with Gasteiger partial charge in [0.25, 0.3) is 5.91 Å². The molecule has 0 fully saturated rings. The maximum atomic E-state index is 12.6. The van der Waals surface area contributed by atoms with Crippen molar-refractivity contribution in [3.05, 3.63) is 77.6 Å². The lowest BCUT2D eigenvalue weighted by molar-refractivity contribution is 0.102. The van der Waals surface area contributed by atoms with Crippen LogP contribution >= 0.6 is 0 Å². The standard InChI is InChI=1S/C23H23N3O3/c1-15(2)18-5-3-4-6-19(18)26-23(27)20-9-8-17(13-25-20)24-12-16-7-10-21-22(11-16)29-14-28-21/h3-11,13,15,24H,12,14H2,1-2H3,(H,26,27). The van der Waals surface area contributed by atoms with Gasteiger partial charge in [0.05, 0.1) is 11.9 Å². The second-order valence-corrected chi connectivity index (χ2v) is 7.17. The van der Waals surface area contributed by atoms with Crippen molar-refractivity contribution in [2.24, 2.45) is 0 Å². The van der Waals surface area contributed by atoms with Crippen molar-refractivity contribution in [2.75, 3.05) is 17.4 Å². The first-order valence-corrected chi connectivity index (χ1v) is 9.59. The van der Waals surface area contributed by atoms with Gasteiger partial charge in [0, 0.05) is 12.2 Å². The third-order valence-corrected chi connectivity index (χ3v) is 4.76. The molecule has 1 amide bonds. The molecule has 1 aliphatic heterocycles. The number of pyridine rings is 1. The summed E-state index contributed by atoms with van der Waals surface area (Å²) in [7, 11) is 0. The number of nitrogens with zero attached hydrogens (tertiary/aromatic N) is 1. The Hall–Kier alpha value is -3.54. The predicted octanol–water partition coefficient (Wildman–Crippen LogP) is 4.80. The Labute approximate surface area is 169 Å². The Bertz CT molecular complexity index is 1020. The number of carbonyl (C=O) groups excluding carboxylic acids is 1. The lowest BCUT2D eigenvalue weighted by atomic mass is 10.0. The minimum atomic E-state index is -0.222. The third-order valence-electron chi connectivity index (χ3n) is 4.76. The van der Waals surface area contributed by atoms with Crippen molar-refractivity contribution in [1.82, 2.24) is 4.98 Å². The molecule has 0 saturated heterocycles. The number of carbonyl (C=O) groups is 1. The van der Waals surface area contributed by atoms with E-state index in [2.05, 4.69) is 29.5 Å². The van der Waals surface area contributed by atoms with Crippen LogP contribution < -0.4 is 20.1 Å². The Morgan fingerprint density at radius 2 is 1.90 bits per heavy atom. The fourth-order valence-electron chi connectivity index (χ4n) is 3.19. The average molecular weight is 389 g/mol. The SMILES string of the molecule is CC(C)c1ccccc1NC(=O)c1ccc(NCc2ccc3c(c2)OCO3)cn1. The van der Waals surface area contributed by atoms with Gasteiger partial charge in [-0.2, -0.15) is 0 Å². The van der Waals surface area contributed by atoms with Crippen molar-refractivity contribution in [3.8, 4) is 11.5 Å². The first-order chi connectivity index (χ1) is 14.1. The first kappa shape index (κ1) is 18.8. The lowest BCUT2D eigenvalue weighted by Crippen LogP contribution is -2.15. The smallest absolute Gasteiger partial charge is 0.274 e. The van der Waals surface area contributed by atoms with Crippen LogP contribution in [0.1, 0.15) is 41.4 Å². The van der Waals surface area contributed by atoms with Gasteiger partial charge in [0.2, 0.25) is 6.79 Å². The molecule has 2 heterocycles. The number of benzene rings is 2. The molecule has 1 aliphatic rings. The molecule has 0 aliphatic carbocycles. The van der Waals surface area contributed by atoms with Crippen LogP contribution in [0.3, 0.4) is 0 Å². The van der Waals surface area contributed by atoms with Crippen molar-refractivity contribution < 1.29 is 14.3 Å². The van der Waals surface area contributed by atoms with E-state index in [1.54, 1.807) is 12.3 Å². The largest absolute Gasteiger partial charge is 0.454 e. The summed E-state index contributed by atoms with van der Waals surface area (Å²) in [5, 5.41) is 6.26. The van der Waals surface area contributed by atoms with Crippen LogP contribution in [0.15, 0.2) is 60.8 Å². The molecule has 0 atom stereocenters. The van der Waals surface area contributed by atoms with Crippen LogP contribution in [0.2, 0.25) is 0 Å². The second-order valence-electron chi connectivity index (χ2n) is 7.17. The fourth-order valence-corrected chi connectivity index (χ4v) is 3.19. The topological polar surface area (TPSA) is 72.5 Å². The number of rotatable bonds is 6. The van der Waals surface area contributed by atoms with E-state index >= 15 is 0 Å². The van der Waals surface area contributed by atoms with E-state index in [4.69, 9.17) is 9.47 Å². The van der Waals surface area contributed by atoms with E-state index in [9.17, 15) is 4.79 Å². The molecule has 2 aromatic carbocycles. The van der Waals surface area contributed by atoms with Gasteiger partial charge in [0.15, 0.2) is 11.5 Å². The summed E-state index contributed by atoms with van der Waals surface area (Å²) in [6.45, 7) is 5.08. The zero-order chi connectivity index (χ0) is 20.2. The summed E-state index contributed by atoms with van der Waals surface area (Å²) in [6.07, 6.45) is 1.66. The number of fused-ring (bicyclic) bond motifs is 1. The van der Waals surface area contributed by atoms with Crippen LogP contribution in [0.4, 0.5) is 11.4 Å². The first-order valence-electron chi connectivity index (χ1n) is 9.59. The Balaban J connectivity index is 1.38. The molecule has 29 heavy (non-hydrogen) atoms. The minimum absolute atomic E-state index is 0.222. The summed E-state index contributed by atoms with van der Waals surface area (Å²) < 4.78 is 10.7. The summed E-state index contributed by atoms with van der Waals surface area (Å²) in [5.41, 5.74) is 4.20. The lowest BCUT2D eigenvalue weighted by Gasteiger charge is -2.13. The van der Waals surface area contributed by atoms with E-state index in [1.807, 2.05) is 48.5 Å². The summed E-state index contributed by atoms with van der Waals surface area (Å²) in [4.78, 5) is 16.9. The number of ether oxygens (including phenoxy) is 2. The Kier molecular flexibility index (Phi) is 5.33. The highest BCUT2D eigenvalue weighted by atomic mass is 16.7. The summed E-state index contributed by atoms with van der Waals surface area (Å²) in [6, 6.07) is 17.2. The van der Waals surface area contributed by atoms with Crippen molar-refractivity contribution in [2.45, 2.75) is 26.3 Å². The quantitative estimate of drug-likeness (QED) is 0.634. The minimum Gasteiger partial charge on any atom is -0.454 e. The monoisotopic (exact) mass is 389 g/mol. The fraction of sp³-hybridized carbons (Fsp3) is 0.217. The highest BCUT2D eigenvalue weighted by molar-refractivity contribution is 6.03. The maximum absolute atomic E-state index is 12.6. The van der Waals surface area contributed by atoms with Gasteiger partial charge in [-0.25, -0.2) is 4.98 Å². The van der Waals surface area contributed by atoms with Gasteiger partial charge in [0.1, 0.15) is 5.69 Å². The third kappa shape index (κ3) is 4.32. The molecule has 1 aromatic heterocycles. The van der Waals surface area contributed by atoms with Crippen molar-refractivity contribution >= 4 is 17.3 Å². The normalized spacial score (nSPS) is 12.1. The molecule has 6 nitrogen and oxygen atoms in total. The zero-order valence-electron chi connectivity index (χ0n) is 16.4. The number of hydrogen-bond acceptors (Lipinski definition) is 5. The molecule has 0 unspecified atom stereocenters. The Morgan fingerprint density at radius 3 is 2.69 bits per heavy atom. The molecule has 148 valence electrons. The molecule has 6 heteroatoms. The molecule has 2 N–H and O–H groups in total. The molecule has 4 rings (SSSR count). The van der Waals surface area contributed by atoms with Gasteiger partial charge in [-0.3, -0.25) is 4.79 Å². The number of hydrogen-bond donors (Lipinski definition) is 2. The van der Waals surface area contributed by atoms with Gasteiger partial charge in [-0.15, -0.1) is 0 Å². The van der Waals surface area contributed by atoms with E-state index in [0.717, 1.165) is 34.0 Å². The molecule has 0 spiro atoms. The molecular formula is C23H23N3O3. The van der Waals surface area contributed by atoms with E-state index in [1.165, 1.54) is 0 Å². The number of anilines is 2. The van der Waals surface area contributed by atoms with Crippen LogP contribution in [0.25, 0.3) is 0 Å². The molecule has 3 aromatic rings. The molecule has 0 bridgehead atoms. The predicted molar refractivity (Wildman–Crippen MR) is 113 cm³/mol. The number of nitrogens with one attached hydrogen (secondary N) is 2. The van der Waals surface area contributed by atoms with Gasteiger partial charge in [-0.05, 0) is 47.4 Å². The molecule has 0 radical (unpaired) electrons. The van der Waals surface area contributed by atoms with Gasteiger partial charge < -0.3 is 20.1 Å². The van der Waals surface area contributed by atoms with Crippen LogP contribution in [0.5, 0.6) is 11.5 Å². The van der Waals surface area contributed by atoms with Crippen molar-refractivity contribution in [1.29, 1.82) is 0 Å². The summed E-state index contributed by atoms with van der Waals surface area (Å²) in [5.74, 6) is 1.63. The number of para-hydroxylation sites is 1. The van der Waals surface area contributed by atoms with Gasteiger partial charge >= 0.3 is 0 Å². The Morgan fingerprint density at radius 1 is 1.07 bits per heavy atom. The average Bonchev–Trinajstić information content (AvgIpc) is 3.21. The number of aromatic nitrogens is 1. The maximum Gasteiger partial charge on any atom is 0.274 e. The van der Waals surface area contributed by atoms with Crippen LogP contribution in [-0.4, -0.2) is 17.7 Å². The molecule has 0 saturated carbocycles. The number of amides is 1.